The molecule has 5 aromatic rings. The van der Waals surface area contributed by atoms with Gasteiger partial charge in [-0.3, -0.25) is 0 Å². The second-order valence-electron chi connectivity index (χ2n) is 10.1. The van der Waals surface area contributed by atoms with Gasteiger partial charge in [0, 0.05) is 10.8 Å². The smallest absolute Gasteiger partial charge is 0.113 e. The Bertz CT molecular complexity index is 1410. The molecule has 0 saturated carbocycles. The normalized spacial score (nSPS) is 12.3. The van der Waals surface area contributed by atoms with Crippen LogP contribution in [-0.2, 0) is 10.8 Å². The van der Waals surface area contributed by atoms with E-state index in [0.29, 0.717) is 0 Å². The van der Waals surface area contributed by atoms with Gasteiger partial charge in [0.2, 0.25) is 0 Å². The van der Waals surface area contributed by atoms with Gasteiger partial charge in [-0.25, -0.2) is 0 Å². The molecule has 0 fully saturated rings. The number of nitrogens with zero attached hydrogens (tertiary/aromatic N) is 3. The van der Waals surface area contributed by atoms with Crippen molar-refractivity contribution in [3.63, 3.8) is 0 Å². The van der Waals surface area contributed by atoms with Crippen LogP contribution in [0.25, 0.3) is 16.7 Å². The minimum atomic E-state index is -0.185. The first-order chi connectivity index (χ1) is 16.3. The van der Waals surface area contributed by atoms with E-state index in [1.165, 1.54) is 27.8 Å². The number of aromatic nitrogens is 3. The van der Waals surface area contributed by atoms with Gasteiger partial charge >= 0.3 is 0 Å². The highest BCUT2D eigenvalue weighted by Gasteiger charge is 2.31. The molecular formula is C31H31N3. The predicted molar refractivity (Wildman–Crippen MR) is 141 cm³/mol. The van der Waals surface area contributed by atoms with Gasteiger partial charge in [0.05, 0.1) is 5.69 Å². The summed E-state index contributed by atoms with van der Waals surface area (Å²) in [5.74, 6) is 0. The molecule has 3 heteroatoms. The number of hydrogen-bond acceptors (Lipinski definition) is 2. The summed E-state index contributed by atoms with van der Waals surface area (Å²) in [6.45, 7) is 11.4. The maximum atomic E-state index is 4.84. The molecule has 0 unspecified atom stereocenters. The van der Waals surface area contributed by atoms with Crippen LogP contribution in [-0.4, -0.2) is 15.0 Å². The van der Waals surface area contributed by atoms with Crippen LogP contribution in [0.1, 0.15) is 55.5 Å². The quantitative estimate of drug-likeness (QED) is 0.282. The van der Waals surface area contributed by atoms with Crippen LogP contribution in [0.2, 0.25) is 0 Å². The van der Waals surface area contributed by atoms with E-state index in [1.807, 2.05) is 29.1 Å². The van der Waals surface area contributed by atoms with Crippen molar-refractivity contribution in [3.05, 3.63) is 125 Å². The largest absolute Gasteiger partial charge is 0.150 e. The molecule has 0 aliphatic rings. The Hall–Kier alpha value is -3.72. The van der Waals surface area contributed by atoms with Gasteiger partial charge in [-0.2, -0.15) is 4.80 Å². The summed E-state index contributed by atoms with van der Waals surface area (Å²) in [7, 11) is 0. The molecule has 0 N–H and O–H groups in total. The number of rotatable bonds is 5. The van der Waals surface area contributed by atoms with Crippen LogP contribution in [0.4, 0.5) is 0 Å². The van der Waals surface area contributed by atoms with Gasteiger partial charge in [0.25, 0.3) is 0 Å². The van der Waals surface area contributed by atoms with Crippen LogP contribution in [0.15, 0.2) is 97.1 Å². The van der Waals surface area contributed by atoms with E-state index in [1.54, 1.807) is 0 Å². The van der Waals surface area contributed by atoms with E-state index in [0.717, 1.165) is 16.7 Å². The fourth-order valence-electron chi connectivity index (χ4n) is 4.92. The monoisotopic (exact) mass is 445 g/mol. The van der Waals surface area contributed by atoms with Crippen LogP contribution in [0, 0.1) is 6.92 Å². The molecule has 0 radical (unpaired) electrons. The average molecular weight is 446 g/mol. The molecule has 0 aliphatic heterocycles. The Morgan fingerprint density at radius 2 is 1.03 bits per heavy atom. The minimum Gasteiger partial charge on any atom is -0.150 e. The Labute approximate surface area is 202 Å². The zero-order valence-electron chi connectivity index (χ0n) is 20.6. The van der Waals surface area contributed by atoms with Crippen molar-refractivity contribution in [1.82, 2.24) is 15.0 Å². The van der Waals surface area contributed by atoms with E-state index >= 15 is 0 Å². The van der Waals surface area contributed by atoms with Crippen LogP contribution in [0.3, 0.4) is 0 Å². The highest BCUT2D eigenvalue weighted by molar-refractivity contribution is 5.73. The molecule has 1 heterocycles. The van der Waals surface area contributed by atoms with Crippen molar-refractivity contribution in [2.75, 3.05) is 0 Å². The number of benzene rings is 4. The molecule has 0 aliphatic carbocycles. The zero-order valence-corrected chi connectivity index (χ0v) is 20.6. The van der Waals surface area contributed by atoms with Crippen molar-refractivity contribution >= 4 is 11.0 Å². The van der Waals surface area contributed by atoms with Crippen molar-refractivity contribution in [2.24, 2.45) is 0 Å². The second-order valence-corrected chi connectivity index (χ2v) is 10.1. The van der Waals surface area contributed by atoms with E-state index in [-0.39, 0.29) is 10.8 Å². The lowest BCUT2D eigenvalue weighted by Gasteiger charge is -2.33. The molecule has 4 aromatic carbocycles. The van der Waals surface area contributed by atoms with Crippen LogP contribution >= 0.6 is 0 Å². The Morgan fingerprint density at radius 1 is 0.559 bits per heavy atom. The molecule has 0 bridgehead atoms. The van der Waals surface area contributed by atoms with Crippen molar-refractivity contribution in [1.29, 1.82) is 0 Å². The lowest BCUT2D eigenvalue weighted by atomic mass is 9.71. The van der Waals surface area contributed by atoms with Crippen molar-refractivity contribution in [3.8, 4) is 5.69 Å². The van der Waals surface area contributed by atoms with Gasteiger partial charge in [0.15, 0.2) is 0 Å². The van der Waals surface area contributed by atoms with Gasteiger partial charge < -0.3 is 0 Å². The second kappa shape index (κ2) is 8.25. The third-order valence-corrected chi connectivity index (χ3v) is 7.27. The molecule has 0 amide bonds. The van der Waals surface area contributed by atoms with Crippen molar-refractivity contribution in [2.45, 2.75) is 45.4 Å². The minimum absolute atomic E-state index is 0.183. The Kier molecular flexibility index (Phi) is 5.36. The van der Waals surface area contributed by atoms with E-state index in [9.17, 15) is 0 Å². The zero-order chi connectivity index (χ0) is 23.9. The summed E-state index contributed by atoms with van der Waals surface area (Å²) in [5, 5.41) is 9.68. The number of hydrogen-bond donors (Lipinski definition) is 0. The molecule has 5 rings (SSSR count). The highest BCUT2D eigenvalue weighted by Crippen LogP contribution is 2.40. The van der Waals surface area contributed by atoms with Gasteiger partial charge in [0.1, 0.15) is 11.0 Å². The van der Waals surface area contributed by atoms with Crippen LogP contribution < -0.4 is 0 Å². The first kappa shape index (κ1) is 22.1. The fraction of sp³-hybridized carbons (Fsp3) is 0.226. The van der Waals surface area contributed by atoms with Gasteiger partial charge in [-0.15, -0.1) is 10.2 Å². The molecule has 0 atom stereocenters. The Balaban J connectivity index is 1.78. The summed E-state index contributed by atoms with van der Waals surface area (Å²) in [5.41, 5.74) is 8.77. The Morgan fingerprint density at radius 3 is 1.56 bits per heavy atom. The summed E-state index contributed by atoms with van der Waals surface area (Å²) < 4.78 is 0. The molecule has 34 heavy (non-hydrogen) atoms. The third-order valence-electron chi connectivity index (χ3n) is 7.27. The lowest BCUT2D eigenvalue weighted by Crippen LogP contribution is -2.25. The molecular weight excluding hydrogens is 414 g/mol. The summed E-state index contributed by atoms with van der Waals surface area (Å²) >= 11 is 0. The molecule has 3 nitrogen and oxygen atoms in total. The fourth-order valence-corrected chi connectivity index (χ4v) is 4.92. The summed E-state index contributed by atoms with van der Waals surface area (Å²) in [4.78, 5) is 1.81. The van der Waals surface area contributed by atoms with Crippen molar-refractivity contribution < 1.29 is 0 Å². The molecule has 0 spiro atoms. The molecule has 0 saturated heterocycles. The van der Waals surface area contributed by atoms with E-state index < -0.39 is 0 Å². The summed E-state index contributed by atoms with van der Waals surface area (Å²) in [6.07, 6.45) is 0. The number of fused-ring (bicyclic) bond motifs is 1. The first-order valence-corrected chi connectivity index (χ1v) is 11.9. The topological polar surface area (TPSA) is 30.7 Å². The SMILES string of the molecule is Cc1c(-n2nc3ccccc3n2)cc(C(C)(C)c2ccccc2)cc1C(C)(C)c1ccccc1. The lowest BCUT2D eigenvalue weighted by molar-refractivity contribution is 0.609. The molecule has 170 valence electrons. The van der Waals surface area contributed by atoms with Gasteiger partial charge in [-0.1, -0.05) is 107 Å². The average Bonchev–Trinajstić information content (AvgIpc) is 3.29. The maximum absolute atomic E-state index is 4.84. The standard InChI is InChI=1S/C31H31N3/c1-22-26(31(4,5)24-16-10-7-11-17-24)20-25(30(2,3)23-14-8-6-9-15-23)21-29(22)34-32-27-18-12-13-19-28(27)33-34/h6-21H,1-5H3. The third kappa shape index (κ3) is 3.71. The van der Waals surface area contributed by atoms with E-state index in [4.69, 9.17) is 10.2 Å². The molecule has 1 aromatic heterocycles. The summed E-state index contributed by atoms with van der Waals surface area (Å²) in [6, 6.07) is 34.2. The van der Waals surface area contributed by atoms with E-state index in [2.05, 4.69) is 107 Å². The highest BCUT2D eigenvalue weighted by atomic mass is 15.5. The van der Waals surface area contributed by atoms with Crippen LogP contribution in [0.5, 0.6) is 0 Å². The van der Waals surface area contributed by atoms with Gasteiger partial charge in [-0.05, 0) is 52.9 Å². The predicted octanol–water partition coefficient (Wildman–Crippen LogP) is 7.38. The first-order valence-electron chi connectivity index (χ1n) is 11.9. The maximum Gasteiger partial charge on any atom is 0.113 e.